The van der Waals surface area contributed by atoms with Crippen LogP contribution in [0, 0.1) is 13.8 Å². The van der Waals surface area contributed by atoms with Gasteiger partial charge in [0, 0.05) is 24.7 Å². The molecule has 1 saturated heterocycles. The molecule has 2 atom stereocenters. The third-order valence-corrected chi connectivity index (χ3v) is 5.82. The van der Waals surface area contributed by atoms with Crippen LogP contribution in [0.2, 0.25) is 0 Å². The Labute approximate surface area is 175 Å². The molecule has 0 unspecified atom stereocenters. The number of amides is 2. The number of nitrogens with one attached hydrogen (secondary N) is 3. The molecular weight excluding hydrogens is 382 g/mol. The molecule has 158 valence electrons. The van der Waals surface area contributed by atoms with Crippen LogP contribution in [-0.4, -0.2) is 34.4 Å². The van der Waals surface area contributed by atoms with E-state index >= 15 is 0 Å². The molecule has 4 rings (SSSR count). The molecular formula is C22H27N5O3. The van der Waals surface area contributed by atoms with E-state index in [1.807, 2.05) is 32.0 Å². The fraction of sp³-hybridized carbons (Fsp3) is 0.455. The number of piperidine rings is 1. The topological polar surface area (TPSA) is 107 Å². The summed E-state index contributed by atoms with van der Waals surface area (Å²) in [6.45, 7) is 6.79. The number of nitrogens with zero attached hydrogens (tertiary/aromatic N) is 2. The Morgan fingerprint density at radius 2 is 1.90 bits per heavy atom. The summed E-state index contributed by atoms with van der Waals surface area (Å²) in [6, 6.07) is 5.98. The van der Waals surface area contributed by atoms with Gasteiger partial charge < -0.3 is 15.5 Å². The van der Waals surface area contributed by atoms with Gasteiger partial charge in [-0.25, -0.2) is 0 Å². The van der Waals surface area contributed by atoms with Crippen molar-refractivity contribution in [2.45, 2.75) is 58.4 Å². The number of aromatic amines is 1. The summed E-state index contributed by atoms with van der Waals surface area (Å²) in [4.78, 5) is 47.7. The summed E-state index contributed by atoms with van der Waals surface area (Å²) in [5.74, 6) is -0.968. The minimum atomic E-state index is -0.890. The second kappa shape index (κ2) is 7.93. The van der Waals surface area contributed by atoms with Gasteiger partial charge in [0.1, 0.15) is 5.82 Å². The number of H-pyrrole nitrogens is 1. The Morgan fingerprint density at radius 1 is 1.17 bits per heavy atom. The lowest BCUT2D eigenvalue weighted by atomic mass is 9.92. The van der Waals surface area contributed by atoms with E-state index in [1.165, 1.54) is 0 Å². The number of carbonyl (C=O) groups is 2. The number of hydrogen-bond donors (Lipinski definition) is 3. The highest BCUT2D eigenvalue weighted by molar-refractivity contribution is 6.04. The lowest BCUT2D eigenvalue weighted by Gasteiger charge is -2.34. The van der Waals surface area contributed by atoms with Crippen LogP contribution >= 0.6 is 0 Å². The molecule has 0 bridgehead atoms. The van der Waals surface area contributed by atoms with Gasteiger partial charge in [0.05, 0.1) is 11.5 Å². The molecule has 1 aromatic carbocycles. The molecule has 3 N–H and O–H groups in total. The first-order chi connectivity index (χ1) is 14.3. The monoisotopic (exact) mass is 409 g/mol. The summed E-state index contributed by atoms with van der Waals surface area (Å²) in [5.41, 5.74) is 2.52. The van der Waals surface area contributed by atoms with Crippen LogP contribution in [0.5, 0.6) is 0 Å². The van der Waals surface area contributed by atoms with Crippen molar-refractivity contribution in [1.29, 1.82) is 0 Å². The first-order valence-electron chi connectivity index (χ1n) is 10.4. The maximum absolute atomic E-state index is 13.0. The normalized spacial score (nSPS) is 21.0. The maximum atomic E-state index is 13.0. The number of aryl methyl sites for hydroxylation is 2. The number of aromatic nitrogens is 2. The predicted octanol–water partition coefficient (Wildman–Crippen LogP) is 2.83. The SMILES string of the molecule is Cc1cc(C)cc(NC(=O)[C@@H]2CC(=O)Nc3nc(N4CCCC[C@@H]4C)[nH]c(=O)c32)c1. The second-order valence-electron chi connectivity index (χ2n) is 8.36. The van der Waals surface area contributed by atoms with E-state index in [9.17, 15) is 14.4 Å². The number of hydrogen-bond acceptors (Lipinski definition) is 5. The average Bonchev–Trinajstić information content (AvgIpc) is 2.66. The van der Waals surface area contributed by atoms with E-state index in [4.69, 9.17) is 0 Å². The van der Waals surface area contributed by atoms with Crippen LogP contribution in [0.3, 0.4) is 0 Å². The van der Waals surface area contributed by atoms with Crippen LogP contribution < -0.4 is 21.1 Å². The smallest absolute Gasteiger partial charge is 0.258 e. The number of rotatable bonds is 3. The molecule has 0 spiro atoms. The molecule has 2 aromatic rings. The molecule has 0 aliphatic carbocycles. The number of carbonyl (C=O) groups excluding carboxylic acids is 2. The van der Waals surface area contributed by atoms with Crippen molar-refractivity contribution in [2.75, 3.05) is 22.1 Å². The van der Waals surface area contributed by atoms with Crippen molar-refractivity contribution < 1.29 is 9.59 Å². The Morgan fingerprint density at radius 3 is 2.60 bits per heavy atom. The predicted molar refractivity (Wildman–Crippen MR) is 116 cm³/mol. The molecule has 1 fully saturated rings. The van der Waals surface area contributed by atoms with Crippen LogP contribution in [0.4, 0.5) is 17.5 Å². The van der Waals surface area contributed by atoms with E-state index < -0.39 is 5.92 Å². The number of anilines is 3. The summed E-state index contributed by atoms with van der Waals surface area (Å²) >= 11 is 0. The minimum absolute atomic E-state index is 0.0894. The van der Waals surface area contributed by atoms with Crippen molar-refractivity contribution in [1.82, 2.24) is 9.97 Å². The molecule has 2 aliphatic rings. The van der Waals surface area contributed by atoms with Crippen molar-refractivity contribution in [3.63, 3.8) is 0 Å². The second-order valence-corrected chi connectivity index (χ2v) is 8.36. The quantitative estimate of drug-likeness (QED) is 0.723. The molecule has 8 nitrogen and oxygen atoms in total. The minimum Gasteiger partial charge on any atom is -0.340 e. The first-order valence-corrected chi connectivity index (χ1v) is 10.4. The van der Waals surface area contributed by atoms with E-state index in [0.717, 1.165) is 36.9 Å². The molecule has 0 saturated carbocycles. The molecule has 8 heteroatoms. The Bertz CT molecular complexity index is 1040. The average molecular weight is 409 g/mol. The van der Waals surface area contributed by atoms with Crippen LogP contribution in [-0.2, 0) is 9.59 Å². The van der Waals surface area contributed by atoms with E-state index in [-0.39, 0.29) is 41.2 Å². The van der Waals surface area contributed by atoms with Gasteiger partial charge >= 0.3 is 0 Å². The lowest BCUT2D eigenvalue weighted by molar-refractivity contribution is -0.123. The molecule has 3 heterocycles. The van der Waals surface area contributed by atoms with Gasteiger partial charge in [-0.2, -0.15) is 4.98 Å². The highest BCUT2D eigenvalue weighted by atomic mass is 16.2. The zero-order valence-electron chi connectivity index (χ0n) is 17.5. The van der Waals surface area contributed by atoms with Gasteiger partial charge in [0.2, 0.25) is 17.8 Å². The van der Waals surface area contributed by atoms with Crippen molar-refractivity contribution >= 4 is 29.3 Å². The largest absolute Gasteiger partial charge is 0.340 e. The molecule has 2 amide bonds. The highest BCUT2D eigenvalue weighted by Crippen LogP contribution is 2.31. The standard InChI is InChI=1S/C22H27N5O3/c1-12-8-13(2)10-15(9-12)23-20(29)16-11-17(28)24-19-18(16)21(30)26-22(25-19)27-7-5-4-6-14(27)3/h8-10,14,16H,4-7,11H2,1-3H3,(H,23,29)(H2,24,25,26,28,30)/t14-,16+/m0/s1. The zero-order valence-corrected chi connectivity index (χ0v) is 17.5. The van der Waals surface area contributed by atoms with Gasteiger partial charge in [-0.15, -0.1) is 0 Å². The van der Waals surface area contributed by atoms with E-state index in [2.05, 4.69) is 32.4 Å². The number of benzene rings is 1. The summed E-state index contributed by atoms with van der Waals surface area (Å²) in [6.07, 6.45) is 3.10. The summed E-state index contributed by atoms with van der Waals surface area (Å²) in [7, 11) is 0. The van der Waals surface area contributed by atoms with Gasteiger partial charge in [0.25, 0.3) is 5.56 Å². The molecule has 30 heavy (non-hydrogen) atoms. The summed E-state index contributed by atoms with van der Waals surface area (Å²) in [5, 5.41) is 5.54. The molecule has 0 radical (unpaired) electrons. The Kier molecular flexibility index (Phi) is 5.32. The van der Waals surface area contributed by atoms with Crippen molar-refractivity contribution in [3.05, 3.63) is 45.2 Å². The molecule has 1 aromatic heterocycles. The highest BCUT2D eigenvalue weighted by Gasteiger charge is 2.35. The van der Waals surface area contributed by atoms with Crippen molar-refractivity contribution in [2.24, 2.45) is 0 Å². The maximum Gasteiger partial charge on any atom is 0.258 e. The zero-order chi connectivity index (χ0) is 21.4. The Balaban J connectivity index is 1.66. The lowest BCUT2D eigenvalue weighted by Crippen LogP contribution is -2.42. The van der Waals surface area contributed by atoms with E-state index in [1.54, 1.807) is 0 Å². The summed E-state index contributed by atoms with van der Waals surface area (Å²) < 4.78 is 0. The van der Waals surface area contributed by atoms with Gasteiger partial charge in [-0.3, -0.25) is 19.4 Å². The van der Waals surface area contributed by atoms with Gasteiger partial charge in [-0.05, 0) is 63.3 Å². The van der Waals surface area contributed by atoms with E-state index in [0.29, 0.717) is 11.6 Å². The fourth-order valence-corrected chi connectivity index (χ4v) is 4.41. The van der Waals surface area contributed by atoms with Crippen LogP contribution in [0.15, 0.2) is 23.0 Å². The fourth-order valence-electron chi connectivity index (χ4n) is 4.41. The van der Waals surface area contributed by atoms with Gasteiger partial charge in [-0.1, -0.05) is 6.07 Å². The van der Waals surface area contributed by atoms with Crippen LogP contribution in [0.25, 0.3) is 0 Å². The van der Waals surface area contributed by atoms with Crippen molar-refractivity contribution in [3.8, 4) is 0 Å². The van der Waals surface area contributed by atoms with Gasteiger partial charge in [0.15, 0.2) is 0 Å². The molecule has 2 aliphatic heterocycles. The third kappa shape index (κ3) is 3.94. The first kappa shape index (κ1) is 20.1. The third-order valence-electron chi connectivity index (χ3n) is 5.82. The van der Waals surface area contributed by atoms with Crippen LogP contribution in [0.1, 0.15) is 55.2 Å². The number of fused-ring (bicyclic) bond motifs is 1. The Hall–Kier alpha value is -3.16.